The molecule has 142 valence electrons. The number of ether oxygens (including phenoxy) is 2. The van der Waals surface area contributed by atoms with E-state index < -0.39 is 17.6 Å². The maximum Gasteiger partial charge on any atom is 0.408 e. The third kappa shape index (κ3) is 5.08. The number of alkyl carbamates (subject to hydrolysis) is 1. The summed E-state index contributed by atoms with van der Waals surface area (Å²) in [6.45, 7) is 1.06. The second kappa shape index (κ2) is 8.68. The molecule has 0 radical (unpaired) electrons. The largest absolute Gasteiger partial charge is 0.480 e. The summed E-state index contributed by atoms with van der Waals surface area (Å²) in [4.78, 5) is 23.7. The van der Waals surface area contributed by atoms with Gasteiger partial charge < -0.3 is 19.9 Å². The minimum absolute atomic E-state index is 0.0965. The van der Waals surface area contributed by atoms with Gasteiger partial charge in [0.05, 0.1) is 13.2 Å². The topological polar surface area (TPSA) is 84.9 Å². The third-order valence-corrected chi connectivity index (χ3v) is 4.70. The standard InChI is InChI=1S/C21H23NO5/c23-19(24)21(22-20(25)27-15-17-9-5-2-6-10-17)11-18(12-21)14-26-13-16-7-3-1-4-8-16/h1-10,18H,11-15H2,(H,22,25)(H,23,24). The lowest BCUT2D eigenvalue weighted by atomic mass is 9.68. The predicted molar refractivity (Wildman–Crippen MR) is 99.0 cm³/mol. The van der Waals surface area contributed by atoms with Gasteiger partial charge in [0, 0.05) is 0 Å². The van der Waals surface area contributed by atoms with E-state index in [1.165, 1.54) is 0 Å². The summed E-state index contributed by atoms with van der Waals surface area (Å²) in [5, 5.41) is 12.0. The van der Waals surface area contributed by atoms with Crippen LogP contribution < -0.4 is 5.32 Å². The third-order valence-electron chi connectivity index (χ3n) is 4.70. The van der Waals surface area contributed by atoms with Crippen molar-refractivity contribution in [3.8, 4) is 0 Å². The molecule has 1 aliphatic carbocycles. The number of aliphatic carboxylic acids is 1. The summed E-state index contributed by atoms with van der Waals surface area (Å²) >= 11 is 0. The van der Waals surface area contributed by atoms with Crippen LogP contribution in [0.1, 0.15) is 24.0 Å². The van der Waals surface area contributed by atoms with Gasteiger partial charge in [0.2, 0.25) is 0 Å². The summed E-state index contributed by atoms with van der Waals surface area (Å²) in [5.74, 6) is -0.947. The van der Waals surface area contributed by atoms with Crippen LogP contribution in [0.3, 0.4) is 0 Å². The number of hydrogen-bond acceptors (Lipinski definition) is 4. The Kier molecular flexibility index (Phi) is 6.08. The quantitative estimate of drug-likeness (QED) is 0.745. The molecule has 6 nitrogen and oxygen atoms in total. The first-order valence-electron chi connectivity index (χ1n) is 8.91. The number of amides is 1. The molecule has 6 heteroatoms. The van der Waals surface area contributed by atoms with E-state index in [4.69, 9.17) is 9.47 Å². The Morgan fingerprint density at radius 2 is 1.52 bits per heavy atom. The summed E-state index contributed by atoms with van der Waals surface area (Å²) in [5.41, 5.74) is 0.649. The van der Waals surface area contributed by atoms with E-state index in [9.17, 15) is 14.7 Å². The Balaban J connectivity index is 1.42. The minimum Gasteiger partial charge on any atom is -0.480 e. The molecular formula is C21H23NO5. The summed E-state index contributed by atoms with van der Waals surface area (Å²) < 4.78 is 10.8. The van der Waals surface area contributed by atoms with Crippen molar-refractivity contribution in [2.45, 2.75) is 31.6 Å². The van der Waals surface area contributed by atoms with Gasteiger partial charge in [-0.3, -0.25) is 0 Å². The van der Waals surface area contributed by atoms with Gasteiger partial charge in [-0.05, 0) is 29.9 Å². The molecule has 1 amide bonds. The Labute approximate surface area is 158 Å². The Bertz CT molecular complexity index is 757. The van der Waals surface area contributed by atoms with Gasteiger partial charge in [0.25, 0.3) is 0 Å². The Hall–Kier alpha value is -2.86. The van der Waals surface area contributed by atoms with E-state index in [0.29, 0.717) is 26.1 Å². The van der Waals surface area contributed by atoms with Crippen LogP contribution in [0.15, 0.2) is 60.7 Å². The van der Waals surface area contributed by atoms with Crippen molar-refractivity contribution < 1.29 is 24.2 Å². The summed E-state index contributed by atoms with van der Waals surface area (Å²) in [6.07, 6.45) is -0.0559. The first kappa shape index (κ1) is 18.9. The zero-order chi connectivity index (χ0) is 19.1. The second-order valence-electron chi connectivity index (χ2n) is 6.85. The molecule has 1 fully saturated rings. The Morgan fingerprint density at radius 1 is 0.963 bits per heavy atom. The lowest BCUT2D eigenvalue weighted by Crippen LogP contribution is -2.63. The smallest absolute Gasteiger partial charge is 0.408 e. The maximum atomic E-state index is 12.0. The summed E-state index contributed by atoms with van der Waals surface area (Å²) in [7, 11) is 0. The van der Waals surface area contributed by atoms with Gasteiger partial charge in [0.1, 0.15) is 12.1 Å². The van der Waals surface area contributed by atoms with E-state index in [-0.39, 0.29) is 12.5 Å². The molecule has 0 aromatic heterocycles. The Morgan fingerprint density at radius 3 is 2.07 bits per heavy atom. The van der Waals surface area contributed by atoms with E-state index in [1.807, 2.05) is 60.7 Å². The highest BCUT2D eigenvalue weighted by Gasteiger charge is 2.52. The van der Waals surface area contributed by atoms with Crippen molar-refractivity contribution in [2.24, 2.45) is 5.92 Å². The molecule has 2 N–H and O–H groups in total. The zero-order valence-electron chi connectivity index (χ0n) is 15.0. The molecular weight excluding hydrogens is 346 g/mol. The SMILES string of the molecule is O=C(NC1(C(=O)O)CC(COCc2ccccc2)C1)OCc1ccccc1. The number of rotatable bonds is 8. The van der Waals surface area contributed by atoms with Crippen LogP contribution in [-0.4, -0.2) is 29.3 Å². The number of carbonyl (C=O) groups is 2. The molecule has 1 saturated carbocycles. The molecule has 0 bridgehead atoms. The van der Waals surface area contributed by atoms with Crippen molar-refractivity contribution in [2.75, 3.05) is 6.61 Å². The molecule has 27 heavy (non-hydrogen) atoms. The van der Waals surface area contributed by atoms with Crippen LogP contribution in [-0.2, 0) is 27.5 Å². The van der Waals surface area contributed by atoms with Crippen LogP contribution in [0, 0.1) is 5.92 Å². The molecule has 0 spiro atoms. The van der Waals surface area contributed by atoms with Gasteiger partial charge in [0.15, 0.2) is 0 Å². The van der Waals surface area contributed by atoms with Crippen molar-refractivity contribution >= 4 is 12.1 Å². The fourth-order valence-electron chi connectivity index (χ4n) is 3.25. The molecule has 0 unspecified atom stereocenters. The maximum absolute atomic E-state index is 12.0. The van der Waals surface area contributed by atoms with Crippen LogP contribution in [0.25, 0.3) is 0 Å². The molecule has 0 saturated heterocycles. The van der Waals surface area contributed by atoms with Crippen molar-refractivity contribution in [3.63, 3.8) is 0 Å². The highest BCUT2D eigenvalue weighted by molar-refractivity contribution is 5.85. The van der Waals surface area contributed by atoms with E-state index in [1.54, 1.807) is 0 Å². The van der Waals surface area contributed by atoms with Crippen molar-refractivity contribution in [1.29, 1.82) is 0 Å². The number of benzene rings is 2. The highest BCUT2D eigenvalue weighted by Crippen LogP contribution is 2.38. The lowest BCUT2D eigenvalue weighted by Gasteiger charge is -2.44. The number of carboxylic acids is 1. The molecule has 3 rings (SSSR count). The van der Waals surface area contributed by atoms with Crippen LogP contribution in [0.4, 0.5) is 4.79 Å². The second-order valence-corrected chi connectivity index (χ2v) is 6.85. The van der Waals surface area contributed by atoms with Crippen molar-refractivity contribution in [1.82, 2.24) is 5.32 Å². The molecule has 0 aliphatic heterocycles. The van der Waals surface area contributed by atoms with E-state index in [0.717, 1.165) is 11.1 Å². The first-order chi connectivity index (χ1) is 13.1. The van der Waals surface area contributed by atoms with Gasteiger partial charge >= 0.3 is 12.1 Å². The fraction of sp³-hybridized carbons (Fsp3) is 0.333. The molecule has 0 heterocycles. The lowest BCUT2D eigenvalue weighted by molar-refractivity contribution is -0.152. The molecule has 2 aromatic carbocycles. The zero-order valence-corrected chi connectivity index (χ0v) is 15.0. The van der Waals surface area contributed by atoms with E-state index in [2.05, 4.69) is 5.32 Å². The number of carbonyl (C=O) groups excluding carboxylic acids is 1. The molecule has 2 aromatic rings. The molecule has 1 aliphatic rings. The normalized spacial score (nSPS) is 21.1. The van der Waals surface area contributed by atoms with Gasteiger partial charge in [-0.2, -0.15) is 0 Å². The molecule has 0 atom stereocenters. The monoisotopic (exact) mass is 369 g/mol. The number of hydrogen-bond donors (Lipinski definition) is 2. The van der Waals surface area contributed by atoms with Crippen LogP contribution in [0.5, 0.6) is 0 Å². The van der Waals surface area contributed by atoms with Gasteiger partial charge in [-0.1, -0.05) is 60.7 Å². The number of nitrogens with one attached hydrogen (secondary N) is 1. The van der Waals surface area contributed by atoms with Gasteiger partial charge in [-0.15, -0.1) is 0 Å². The van der Waals surface area contributed by atoms with Crippen LogP contribution in [0.2, 0.25) is 0 Å². The fourth-order valence-corrected chi connectivity index (χ4v) is 3.25. The predicted octanol–water partition coefficient (Wildman–Crippen LogP) is 3.36. The van der Waals surface area contributed by atoms with Crippen LogP contribution >= 0.6 is 0 Å². The average Bonchev–Trinajstić information content (AvgIpc) is 2.65. The summed E-state index contributed by atoms with van der Waals surface area (Å²) in [6, 6.07) is 19.0. The average molecular weight is 369 g/mol. The van der Waals surface area contributed by atoms with Crippen molar-refractivity contribution in [3.05, 3.63) is 71.8 Å². The first-order valence-corrected chi connectivity index (χ1v) is 8.91. The minimum atomic E-state index is -1.27. The number of carboxylic acid groups (broad SMARTS) is 1. The van der Waals surface area contributed by atoms with E-state index >= 15 is 0 Å². The van der Waals surface area contributed by atoms with Gasteiger partial charge in [-0.25, -0.2) is 9.59 Å². The highest BCUT2D eigenvalue weighted by atomic mass is 16.5.